The molecule has 1 N–H and O–H groups in total. The predicted molar refractivity (Wildman–Crippen MR) is 105 cm³/mol. The Balaban J connectivity index is 0.00000243. The van der Waals surface area contributed by atoms with Crippen LogP contribution in [0.3, 0.4) is 0 Å². The van der Waals surface area contributed by atoms with Gasteiger partial charge in [-0.25, -0.2) is 0 Å². The Morgan fingerprint density at radius 3 is 2.46 bits per heavy atom. The molecule has 26 heavy (non-hydrogen) atoms. The van der Waals surface area contributed by atoms with Crippen molar-refractivity contribution in [2.24, 2.45) is 0 Å². The molecule has 1 aromatic carbocycles. The fraction of sp³-hybridized carbons (Fsp3) is 0.632. The van der Waals surface area contributed by atoms with Crippen molar-refractivity contribution in [1.29, 1.82) is 0 Å². The molecule has 2 aliphatic rings. The molecule has 1 aliphatic carbocycles. The molecule has 1 aliphatic heterocycles. The lowest BCUT2D eigenvalue weighted by molar-refractivity contribution is -0.124. The van der Waals surface area contributed by atoms with Gasteiger partial charge in [-0.3, -0.25) is 9.69 Å². The van der Waals surface area contributed by atoms with E-state index in [1.165, 1.54) is 19.3 Å². The summed E-state index contributed by atoms with van der Waals surface area (Å²) in [7, 11) is 0. The van der Waals surface area contributed by atoms with E-state index in [0.29, 0.717) is 17.3 Å². The van der Waals surface area contributed by atoms with Gasteiger partial charge < -0.3 is 14.8 Å². The molecular formula is C19H28Cl2N2O3. The third kappa shape index (κ3) is 5.74. The number of benzene rings is 1. The molecule has 5 nitrogen and oxygen atoms in total. The van der Waals surface area contributed by atoms with Crippen molar-refractivity contribution in [3.63, 3.8) is 0 Å². The van der Waals surface area contributed by atoms with Gasteiger partial charge in [-0.05, 0) is 37.1 Å². The van der Waals surface area contributed by atoms with Crippen molar-refractivity contribution in [1.82, 2.24) is 10.2 Å². The first kappa shape index (κ1) is 21.3. The maximum atomic E-state index is 12.2. The molecule has 1 amide bonds. The zero-order valence-corrected chi connectivity index (χ0v) is 16.6. The van der Waals surface area contributed by atoms with Gasteiger partial charge in [-0.15, -0.1) is 12.4 Å². The number of hydrogen-bond donors (Lipinski definition) is 1. The minimum absolute atomic E-state index is 0. The van der Waals surface area contributed by atoms with Crippen molar-refractivity contribution in [2.45, 2.75) is 37.6 Å². The number of nitrogens with zero attached hydrogens (tertiary/aromatic N) is 1. The zero-order chi connectivity index (χ0) is 17.5. The van der Waals surface area contributed by atoms with Crippen molar-refractivity contribution in [2.75, 3.05) is 39.5 Å². The predicted octanol–water partition coefficient (Wildman–Crippen LogP) is 3.29. The summed E-state index contributed by atoms with van der Waals surface area (Å²) < 4.78 is 11.0. The molecule has 3 rings (SSSR count). The third-order valence-electron chi connectivity index (χ3n) is 5.26. The van der Waals surface area contributed by atoms with E-state index in [1.54, 1.807) is 24.3 Å². The summed E-state index contributed by atoms with van der Waals surface area (Å²) in [4.78, 5) is 14.8. The molecule has 0 bridgehead atoms. The molecule has 1 saturated carbocycles. The zero-order valence-electron chi connectivity index (χ0n) is 15.0. The maximum absolute atomic E-state index is 12.2. The Bertz CT molecular complexity index is 556. The topological polar surface area (TPSA) is 50.8 Å². The van der Waals surface area contributed by atoms with Gasteiger partial charge in [0, 0.05) is 30.2 Å². The SMILES string of the molecule is Cl.O=C(COc1ccc(Cl)cc1)NCC1(N2CCOCC2)CCCCC1. The van der Waals surface area contributed by atoms with Crippen LogP contribution in [0.5, 0.6) is 5.75 Å². The number of morpholine rings is 1. The molecule has 146 valence electrons. The van der Waals surface area contributed by atoms with Crippen molar-refractivity contribution in [3.05, 3.63) is 29.3 Å². The Morgan fingerprint density at radius 2 is 1.81 bits per heavy atom. The summed E-state index contributed by atoms with van der Waals surface area (Å²) in [6.07, 6.45) is 6.04. The lowest BCUT2D eigenvalue weighted by atomic mass is 9.79. The van der Waals surface area contributed by atoms with E-state index in [2.05, 4.69) is 10.2 Å². The van der Waals surface area contributed by atoms with E-state index in [9.17, 15) is 4.79 Å². The lowest BCUT2D eigenvalue weighted by Crippen LogP contribution is -2.60. The molecule has 0 atom stereocenters. The van der Waals surface area contributed by atoms with Gasteiger partial charge in [-0.2, -0.15) is 0 Å². The number of carbonyl (C=O) groups is 1. The average molecular weight is 403 g/mol. The van der Waals surface area contributed by atoms with Gasteiger partial charge in [0.2, 0.25) is 0 Å². The molecule has 1 aromatic rings. The first-order chi connectivity index (χ1) is 12.2. The monoisotopic (exact) mass is 402 g/mol. The molecule has 0 spiro atoms. The highest BCUT2D eigenvalue weighted by Crippen LogP contribution is 2.33. The van der Waals surface area contributed by atoms with Crippen LogP contribution in [-0.4, -0.2) is 55.8 Å². The average Bonchev–Trinajstić information content (AvgIpc) is 2.67. The number of hydrogen-bond acceptors (Lipinski definition) is 4. The highest BCUT2D eigenvalue weighted by molar-refractivity contribution is 6.30. The smallest absolute Gasteiger partial charge is 0.258 e. The Kier molecular flexibility index (Phi) is 8.48. The molecule has 1 heterocycles. The summed E-state index contributed by atoms with van der Waals surface area (Å²) >= 11 is 5.85. The van der Waals surface area contributed by atoms with Crippen LogP contribution in [0.4, 0.5) is 0 Å². The van der Waals surface area contributed by atoms with E-state index in [4.69, 9.17) is 21.1 Å². The summed E-state index contributed by atoms with van der Waals surface area (Å²) in [5.41, 5.74) is 0.0813. The van der Waals surface area contributed by atoms with Crippen LogP contribution < -0.4 is 10.1 Å². The van der Waals surface area contributed by atoms with Gasteiger partial charge in [0.1, 0.15) is 5.75 Å². The molecule has 1 saturated heterocycles. The van der Waals surface area contributed by atoms with Crippen LogP contribution in [0.25, 0.3) is 0 Å². The summed E-state index contributed by atoms with van der Waals surface area (Å²) in [6, 6.07) is 7.05. The minimum atomic E-state index is -0.0758. The maximum Gasteiger partial charge on any atom is 0.258 e. The molecule has 0 unspecified atom stereocenters. The number of halogens is 2. The second-order valence-corrected chi connectivity index (χ2v) is 7.34. The minimum Gasteiger partial charge on any atom is -0.484 e. The fourth-order valence-electron chi connectivity index (χ4n) is 3.85. The van der Waals surface area contributed by atoms with Crippen LogP contribution in [0.15, 0.2) is 24.3 Å². The van der Waals surface area contributed by atoms with E-state index in [0.717, 1.165) is 39.1 Å². The standard InChI is InChI=1S/C19H27ClN2O3.ClH/c20-16-4-6-17(7-5-16)25-14-18(23)21-15-19(8-2-1-3-9-19)22-10-12-24-13-11-22;/h4-7H,1-3,8-15H2,(H,21,23);1H. The highest BCUT2D eigenvalue weighted by atomic mass is 35.5. The Hall–Kier alpha value is -1.01. The van der Waals surface area contributed by atoms with Crippen LogP contribution in [-0.2, 0) is 9.53 Å². The molecule has 0 radical (unpaired) electrons. The summed E-state index contributed by atoms with van der Waals surface area (Å²) in [6.45, 7) is 4.20. The van der Waals surface area contributed by atoms with Crippen molar-refractivity contribution < 1.29 is 14.3 Å². The van der Waals surface area contributed by atoms with Crippen molar-refractivity contribution >= 4 is 29.9 Å². The number of amides is 1. The molecule has 7 heteroatoms. The van der Waals surface area contributed by atoms with Crippen molar-refractivity contribution in [3.8, 4) is 5.75 Å². The van der Waals surface area contributed by atoms with E-state index in [1.807, 2.05) is 0 Å². The fourth-order valence-corrected chi connectivity index (χ4v) is 3.97. The van der Waals surface area contributed by atoms with E-state index < -0.39 is 0 Å². The third-order valence-corrected chi connectivity index (χ3v) is 5.52. The van der Waals surface area contributed by atoms with Gasteiger partial charge in [-0.1, -0.05) is 30.9 Å². The van der Waals surface area contributed by atoms with Gasteiger partial charge in [0.15, 0.2) is 6.61 Å². The lowest BCUT2D eigenvalue weighted by Gasteiger charge is -2.48. The quantitative estimate of drug-likeness (QED) is 0.792. The Morgan fingerprint density at radius 1 is 1.15 bits per heavy atom. The Labute approximate surface area is 166 Å². The van der Waals surface area contributed by atoms with E-state index in [-0.39, 0.29) is 30.5 Å². The molecule has 0 aromatic heterocycles. The van der Waals surface area contributed by atoms with Crippen LogP contribution in [0.2, 0.25) is 5.02 Å². The van der Waals surface area contributed by atoms with E-state index >= 15 is 0 Å². The highest BCUT2D eigenvalue weighted by Gasteiger charge is 2.38. The largest absolute Gasteiger partial charge is 0.484 e. The first-order valence-electron chi connectivity index (χ1n) is 9.16. The second-order valence-electron chi connectivity index (χ2n) is 6.90. The van der Waals surface area contributed by atoms with Gasteiger partial charge in [0.05, 0.1) is 13.2 Å². The number of carbonyl (C=O) groups excluding carboxylic acids is 1. The van der Waals surface area contributed by atoms with Crippen LogP contribution in [0.1, 0.15) is 32.1 Å². The van der Waals surface area contributed by atoms with Crippen LogP contribution >= 0.6 is 24.0 Å². The van der Waals surface area contributed by atoms with Crippen LogP contribution in [0, 0.1) is 0 Å². The van der Waals surface area contributed by atoms with Gasteiger partial charge in [0.25, 0.3) is 5.91 Å². The second kappa shape index (κ2) is 10.4. The van der Waals surface area contributed by atoms with Gasteiger partial charge >= 0.3 is 0 Å². The number of rotatable bonds is 6. The normalized spacial score (nSPS) is 20.0. The number of ether oxygens (including phenoxy) is 2. The molecule has 2 fully saturated rings. The summed E-state index contributed by atoms with van der Waals surface area (Å²) in [5.74, 6) is 0.577. The first-order valence-corrected chi connectivity index (χ1v) is 9.54. The molecular weight excluding hydrogens is 375 g/mol. The summed E-state index contributed by atoms with van der Waals surface area (Å²) in [5, 5.41) is 3.75. The number of nitrogens with one attached hydrogen (secondary N) is 1.